The van der Waals surface area contributed by atoms with E-state index in [9.17, 15) is 13.2 Å². The zero-order valence-corrected chi connectivity index (χ0v) is 7.69. The summed E-state index contributed by atoms with van der Waals surface area (Å²) in [6.45, 7) is 3.46. The van der Waals surface area contributed by atoms with Crippen molar-refractivity contribution in [1.82, 2.24) is 5.32 Å². The molecule has 1 fully saturated rings. The van der Waals surface area contributed by atoms with Gasteiger partial charge in [0.05, 0.1) is 6.10 Å². The SMILES string of the molecule is CCC1NCC(C(F)(F)F)OC1C. The van der Waals surface area contributed by atoms with Gasteiger partial charge in [-0.2, -0.15) is 13.2 Å². The highest BCUT2D eigenvalue weighted by molar-refractivity contribution is 4.84. The number of rotatable bonds is 1. The quantitative estimate of drug-likeness (QED) is 0.690. The van der Waals surface area contributed by atoms with Gasteiger partial charge in [-0.25, -0.2) is 0 Å². The van der Waals surface area contributed by atoms with Crippen LogP contribution in [0.4, 0.5) is 13.2 Å². The number of morpholine rings is 1. The highest BCUT2D eigenvalue weighted by Gasteiger charge is 2.44. The number of ether oxygens (including phenoxy) is 1. The number of alkyl halides is 3. The monoisotopic (exact) mass is 197 g/mol. The molecule has 2 nitrogen and oxygen atoms in total. The van der Waals surface area contributed by atoms with Crippen LogP contribution in [0.2, 0.25) is 0 Å². The molecule has 1 aliphatic rings. The Kier molecular flexibility index (Phi) is 3.18. The van der Waals surface area contributed by atoms with Gasteiger partial charge in [0.15, 0.2) is 6.10 Å². The van der Waals surface area contributed by atoms with Crippen LogP contribution in [0, 0.1) is 0 Å². The van der Waals surface area contributed by atoms with Crippen molar-refractivity contribution in [2.75, 3.05) is 6.54 Å². The molecule has 0 aromatic heterocycles. The van der Waals surface area contributed by atoms with Crippen LogP contribution in [-0.2, 0) is 4.74 Å². The third-order valence-electron chi connectivity index (χ3n) is 2.32. The summed E-state index contributed by atoms with van der Waals surface area (Å²) in [6.07, 6.45) is -5.48. The molecule has 1 heterocycles. The molecule has 0 radical (unpaired) electrons. The topological polar surface area (TPSA) is 21.3 Å². The summed E-state index contributed by atoms with van der Waals surface area (Å²) in [7, 11) is 0. The van der Waals surface area contributed by atoms with Gasteiger partial charge in [-0.05, 0) is 13.3 Å². The van der Waals surface area contributed by atoms with Crippen molar-refractivity contribution in [2.45, 2.75) is 44.7 Å². The fraction of sp³-hybridized carbons (Fsp3) is 1.00. The lowest BCUT2D eigenvalue weighted by Crippen LogP contribution is -2.55. The maximum Gasteiger partial charge on any atom is 0.415 e. The van der Waals surface area contributed by atoms with Crippen LogP contribution in [-0.4, -0.2) is 31.0 Å². The summed E-state index contributed by atoms with van der Waals surface area (Å²) >= 11 is 0. The Balaban J connectivity index is 2.51. The molecule has 1 aliphatic heterocycles. The maximum atomic E-state index is 12.2. The Morgan fingerprint density at radius 1 is 1.46 bits per heavy atom. The second kappa shape index (κ2) is 3.84. The van der Waals surface area contributed by atoms with E-state index in [1.807, 2.05) is 6.92 Å². The van der Waals surface area contributed by atoms with Crippen LogP contribution in [0.3, 0.4) is 0 Å². The zero-order valence-electron chi connectivity index (χ0n) is 7.69. The Morgan fingerprint density at radius 2 is 2.08 bits per heavy atom. The van der Waals surface area contributed by atoms with Crippen LogP contribution in [0.5, 0.6) is 0 Å². The normalized spacial score (nSPS) is 36.2. The summed E-state index contributed by atoms with van der Waals surface area (Å²) in [5.74, 6) is 0. The first-order valence-electron chi connectivity index (χ1n) is 4.40. The largest absolute Gasteiger partial charge is 0.415 e. The molecule has 13 heavy (non-hydrogen) atoms. The molecule has 0 spiro atoms. The molecule has 0 amide bonds. The fourth-order valence-electron chi connectivity index (χ4n) is 1.50. The van der Waals surface area contributed by atoms with E-state index in [-0.39, 0.29) is 18.7 Å². The zero-order chi connectivity index (χ0) is 10.1. The molecule has 78 valence electrons. The minimum atomic E-state index is -4.25. The highest BCUT2D eigenvalue weighted by atomic mass is 19.4. The van der Waals surface area contributed by atoms with Crippen molar-refractivity contribution >= 4 is 0 Å². The summed E-state index contributed by atoms with van der Waals surface area (Å²) in [5.41, 5.74) is 0. The molecule has 0 aromatic rings. The smallest absolute Gasteiger partial charge is 0.363 e. The minimum Gasteiger partial charge on any atom is -0.363 e. The summed E-state index contributed by atoms with van der Waals surface area (Å²) in [4.78, 5) is 0. The molecule has 5 heteroatoms. The van der Waals surface area contributed by atoms with Gasteiger partial charge in [0.2, 0.25) is 0 Å². The average molecular weight is 197 g/mol. The molecule has 1 rings (SSSR count). The lowest BCUT2D eigenvalue weighted by molar-refractivity contribution is -0.243. The van der Waals surface area contributed by atoms with Gasteiger partial charge in [-0.15, -0.1) is 0 Å². The van der Waals surface area contributed by atoms with Crippen LogP contribution in [0.25, 0.3) is 0 Å². The van der Waals surface area contributed by atoms with Crippen molar-refractivity contribution in [3.63, 3.8) is 0 Å². The molecular formula is C8H14F3NO. The highest BCUT2D eigenvalue weighted by Crippen LogP contribution is 2.26. The standard InChI is InChI=1S/C8H14F3NO/c1-3-6-5(2)13-7(4-12-6)8(9,10)11/h5-7,12H,3-4H2,1-2H3. The number of hydrogen-bond acceptors (Lipinski definition) is 2. The molecule has 0 aromatic carbocycles. The lowest BCUT2D eigenvalue weighted by Gasteiger charge is -2.36. The van der Waals surface area contributed by atoms with Crippen LogP contribution < -0.4 is 5.32 Å². The van der Waals surface area contributed by atoms with Gasteiger partial charge in [0.25, 0.3) is 0 Å². The summed E-state index contributed by atoms with van der Waals surface area (Å²) in [5, 5.41) is 2.83. The fourth-order valence-corrected chi connectivity index (χ4v) is 1.50. The first-order valence-corrected chi connectivity index (χ1v) is 4.40. The van der Waals surface area contributed by atoms with E-state index >= 15 is 0 Å². The molecule has 3 unspecified atom stereocenters. The van der Waals surface area contributed by atoms with Gasteiger partial charge in [0, 0.05) is 12.6 Å². The Morgan fingerprint density at radius 3 is 2.46 bits per heavy atom. The van der Waals surface area contributed by atoms with Gasteiger partial charge in [0.1, 0.15) is 0 Å². The second-order valence-corrected chi connectivity index (χ2v) is 3.29. The van der Waals surface area contributed by atoms with Crippen molar-refractivity contribution in [3.05, 3.63) is 0 Å². The van der Waals surface area contributed by atoms with Gasteiger partial charge in [-0.1, -0.05) is 6.92 Å². The molecule has 0 saturated carbocycles. The van der Waals surface area contributed by atoms with Crippen LogP contribution in [0.15, 0.2) is 0 Å². The van der Waals surface area contributed by atoms with E-state index in [4.69, 9.17) is 4.74 Å². The lowest BCUT2D eigenvalue weighted by atomic mass is 10.1. The maximum absolute atomic E-state index is 12.2. The van der Waals surface area contributed by atoms with Gasteiger partial charge in [-0.3, -0.25) is 0 Å². The summed E-state index contributed by atoms with van der Waals surface area (Å²) in [6, 6.07) is 0.0404. The van der Waals surface area contributed by atoms with Crippen LogP contribution >= 0.6 is 0 Å². The molecule has 1 saturated heterocycles. The van der Waals surface area contributed by atoms with E-state index in [1.54, 1.807) is 6.92 Å². The number of nitrogens with one attached hydrogen (secondary N) is 1. The predicted molar refractivity (Wildman–Crippen MR) is 42.5 cm³/mol. The number of hydrogen-bond donors (Lipinski definition) is 1. The third-order valence-corrected chi connectivity index (χ3v) is 2.32. The Bertz CT molecular complexity index is 171. The van der Waals surface area contributed by atoms with Crippen molar-refractivity contribution in [2.24, 2.45) is 0 Å². The van der Waals surface area contributed by atoms with E-state index in [2.05, 4.69) is 5.32 Å². The first-order chi connectivity index (χ1) is 5.95. The van der Waals surface area contributed by atoms with E-state index in [0.29, 0.717) is 0 Å². The molecule has 0 aliphatic carbocycles. The number of halogens is 3. The van der Waals surface area contributed by atoms with Crippen LogP contribution in [0.1, 0.15) is 20.3 Å². The third kappa shape index (κ3) is 2.57. The molecular weight excluding hydrogens is 183 g/mol. The van der Waals surface area contributed by atoms with Crippen molar-refractivity contribution in [1.29, 1.82) is 0 Å². The minimum absolute atomic E-state index is 0.0404. The van der Waals surface area contributed by atoms with E-state index < -0.39 is 12.3 Å². The molecule has 3 atom stereocenters. The van der Waals surface area contributed by atoms with Gasteiger partial charge >= 0.3 is 6.18 Å². The second-order valence-electron chi connectivity index (χ2n) is 3.29. The Hall–Kier alpha value is -0.290. The molecule has 1 N–H and O–H groups in total. The average Bonchev–Trinajstić information content (AvgIpc) is 2.02. The first kappa shape index (κ1) is 10.8. The molecule has 0 bridgehead atoms. The van der Waals surface area contributed by atoms with Crippen molar-refractivity contribution in [3.8, 4) is 0 Å². The predicted octanol–water partition coefficient (Wildman–Crippen LogP) is 1.70. The Labute approximate surface area is 75.4 Å². The van der Waals surface area contributed by atoms with Gasteiger partial charge < -0.3 is 10.1 Å². The van der Waals surface area contributed by atoms with E-state index in [0.717, 1.165) is 6.42 Å². The summed E-state index contributed by atoms with van der Waals surface area (Å²) < 4.78 is 41.4. The van der Waals surface area contributed by atoms with Crippen molar-refractivity contribution < 1.29 is 17.9 Å². The van der Waals surface area contributed by atoms with E-state index in [1.165, 1.54) is 0 Å².